The fraction of sp³-hybridized carbons (Fsp3) is 0.621. The van der Waals surface area contributed by atoms with Crippen molar-refractivity contribution in [1.82, 2.24) is 20.0 Å². The first-order chi connectivity index (χ1) is 17.6. The van der Waals surface area contributed by atoms with Crippen LogP contribution in [0.25, 0.3) is 10.9 Å². The van der Waals surface area contributed by atoms with Gasteiger partial charge in [-0.05, 0) is 50.7 Å². The van der Waals surface area contributed by atoms with E-state index in [2.05, 4.69) is 16.5 Å². The number of benzene rings is 1. The van der Waals surface area contributed by atoms with Crippen molar-refractivity contribution in [2.45, 2.75) is 97.7 Å². The molecule has 2 aromatic rings. The van der Waals surface area contributed by atoms with Gasteiger partial charge in [0.1, 0.15) is 12.2 Å². The summed E-state index contributed by atoms with van der Waals surface area (Å²) in [5.41, 5.74) is 3.15. The van der Waals surface area contributed by atoms with Gasteiger partial charge >= 0.3 is 0 Å². The largest absolute Gasteiger partial charge is 0.355 e. The molecule has 1 aromatic heterocycles. The summed E-state index contributed by atoms with van der Waals surface area (Å²) in [6.07, 6.45) is 6.31. The number of carbonyl (C=O) groups excluding carboxylic acids is 4. The van der Waals surface area contributed by atoms with E-state index in [1.807, 2.05) is 26.8 Å². The van der Waals surface area contributed by atoms with E-state index >= 15 is 0 Å². The van der Waals surface area contributed by atoms with Crippen molar-refractivity contribution in [3.8, 4) is 0 Å². The van der Waals surface area contributed by atoms with Crippen LogP contribution in [-0.2, 0) is 27.3 Å². The molecule has 198 valence electrons. The van der Waals surface area contributed by atoms with Crippen LogP contribution in [0.5, 0.6) is 0 Å². The van der Waals surface area contributed by atoms with E-state index in [-0.39, 0.29) is 47.3 Å². The third kappa shape index (κ3) is 4.59. The molecule has 5 rings (SSSR count). The van der Waals surface area contributed by atoms with E-state index in [4.69, 9.17) is 0 Å². The minimum Gasteiger partial charge on any atom is -0.355 e. The summed E-state index contributed by atoms with van der Waals surface area (Å²) < 4.78 is 1.70. The number of piperidine rings is 1. The number of aryl methyl sites for hydroxylation is 2. The highest BCUT2D eigenvalue weighted by Crippen LogP contribution is 2.59. The third-order valence-electron chi connectivity index (χ3n) is 8.76. The van der Waals surface area contributed by atoms with Crippen molar-refractivity contribution in [1.29, 1.82) is 0 Å². The smallest absolute Gasteiger partial charge is 0.245 e. The maximum absolute atomic E-state index is 13.8. The molecule has 2 aliphatic heterocycles. The molecule has 0 spiro atoms. The number of Topliss-reactive ketones (excluding diaryl/α,β-unsaturated/α-hetero) is 2. The number of nitrogens with one attached hydrogen (secondary N) is 1. The Morgan fingerprint density at radius 3 is 2.68 bits per heavy atom. The van der Waals surface area contributed by atoms with Crippen molar-refractivity contribution in [2.24, 2.45) is 11.3 Å². The maximum atomic E-state index is 13.8. The van der Waals surface area contributed by atoms with E-state index in [1.54, 1.807) is 9.58 Å². The van der Waals surface area contributed by atoms with Crippen molar-refractivity contribution in [3.63, 3.8) is 0 Å². The van der Waals surface area contributed by atoms with Crippen LogP contribution in [0.1, 0.15) is 87.3 Å². The van der Waals surface area contributed by atoms with Gasteiger partial charge < -0.3 is 10.2 Å². The summed E-state index contributed by atoms with van der Waals surface area (Å²) >= 11 is 0. The van der Waals surface area contributed by atoms with Gasteiger partial charge in [0, 0.05) is 42.7 Å². The Labute approximate surface area is 218 Å². The van der Waals surface area contributed by atoms with Gasteiger partial charge in [-0.15, -0.1) is 0 Å². The van der Waals surface area contributed by atoms with E-state index < -0.39 is 6.04 Å². The molecule has 2 bridgehead atoms. The van der Waals surface area contributed by atoms with E-state index in [0.717, 1.165) is 60.6 Å². The average molecular weight is 507 g/mol. The zero-order chi connectivity index (χ0) is 26.5. The van der Waals surface area contributed by atoms with Crippen LogP contribution in [-0.4, -0.2) is 56.7 Å². The number of ketones is 2. The second kappa shape index (κ2) is 9.69. The second-order valence-corrected chi connectivity index (χ2v) is 11.5. The van der Waals surface area contributed by atoms with Gasteiger partial charge in [-0.1, -0.05) is 38.3 Å². The highest BCUT2D eigenvalue weighted by Gasteiger charge is 2.66. The fourth-order valence-electron chi connectivity index (χ4n) is 6.60. The molecule has 1 aliphatic carbocycles. The molecule has 1 N–H and O–H groups in total. The lowest BCUT2D eigenvalue weighted by atomic mass is 9.95. The van der Waals surface area contributed by atoms with Gasteiger partial charge in [0.15, 0.2) is 11.6 Å². The van der Waals surface area contributed by atoms with Crippen LogP contribution in [0.15, 0.2) is 12.1 Å². The van der Waals surface area contributed by atoms with Crippen molar-refractivity contribution < 1.29 is 19.2 Å². The number of carbonyl (C=O) groups is 4. The SMILES string of the molecule is CCC(=O)[C@@H]1C[C@]23CNC(=O)[C@H](C)CCCCCc4cc(C)cc5c(C(C)=O)nn(c45)CC(=O)N1[C@@H]2C3. The number of nitrogens with zero attached hydrogens (tertiary/aromatic N) is 3. The van der Waals surface area contributed by atoms with E-state index in [1.165, 1.54) is 6.92 Å². The van der Waals surface area contributed by atoms with Crippen molar-refractivity contribution in [3.05, 3.63) is 29.0 Å². The average Bonchev–Trinajstić information content (AvgIpc) is 3.27. The van der Waals surface area contributed by atoms with E-state index in [9.17, 15) is 19.2 Å². The molecular formula is C29H38N4O4. The van der Waals surface area contributed by atoms with Crippen LogP contribution in [0, 0.1) is 18.3 Å². The predicted octanol–water partition coefficient (Wildman–Crippen LogP) is 3.75. The predicted molar refractivity (Wildman–Crippen MR) is 140 cm³/mol. The summed E-state index contributed by atoms with van der Waals surface area (Å²) in [6.45, 7) is 7.83. The zero-order valence-electron chi connectivity index (χ0n) is 22.4. The van der Waals surface area contributed by atoms with Crippen LogP contribution >= 0.6 is 0 Å². The Morgan fingerprint density at radius 2 is 1.95 bits per heavy atom. The normalized spacial score (nSPS) is 28.5. The number of amides is 2. The van der Waals surface area contributed by atoms with Crippen LogP contribution in [0.2, 0.25) is 0 Å². The maximum Gasteiger partial charge on any atom is 0.245 e. The number of hydrogen-bond acceptors (Lipinski definition) is 5. The summed E-state index contributed by atoms with van der Waals surface area (Å²) in [4.78, 5) is 53.8. The topological polar surface area (TPSA) is 101 Å². The Balaban J connectivity index is 1.56. The molecule has 4 atom stereocenters. The lowest BCUT2D eigenvalue weighted by Gasteiger charge is -2.26. The second-order valence-electron chi connectivity index (χ2n) is 11.5. The molecule has 1 saturated carbocycles. The lowest BCUT2D eigenvalue weighted by molar-refractivity contribution is -0.139. The van der Waals surface area contributed by atoms with Crippen LogP contribution in [0.4, 0.5) is 0 Å². The van der Waals surface area contributed by atoms with Crippen LogP contribution < -0.4 is 5.32 Å². The molecular weight excluding hydrogens is 468 g/mol. The Bertz CT molecular complexity index is 1280. The first-order valence-electron chi connectivity index (χ1n) is 13.8. The Kier molecular flexibility index (Phi) is 6.71. The molecule has 8 nitrogen and oxygen atoms in total. The van der Waals surface area contributed by atoms with Gasteiger partial charge in [0.25, 0.3) is 0 Å². The molecule has 3 aliphatic rings. The van der Waals surface area contributed by atoms with Gasteiger partial charge in [0.2, 0.25) is 11.8 Å². The summed E-state index contributed by atoms with van der Waals surface area (Å²) in [5.74, 6) is -0.223. The number of rotatable bonds is 3. The molecule has 1 aromatic carbocycles. The highest BCUT2D eigenvalue weighted by atomic mass is 16.2. The van der Waals surface area contributed by atoms with Gasteiger partial charge in [-0.2, -0.15) is 5.10 Å². The van der Waals surface area contributed by atoms with Crippen molar-refractivity contribution in [2.75, 3.05) is 6.54 Å². The Morgan fingerprint density at radius 1 is 1.16 bits per heavy atom. The van der Waals surface area contributed by atoms with E-state index in [0.29, 0.717) is 25.1 Å². The molecule has 8 heteroatoms. The molecule has 37 heavy (non-hydrogen) atoms. The lowest BCUT2D eigenvalue weighted by Crippen LogP contribution is -2.44. The van der Waals surface area contributed by atoms with Crippen molar-refractivity contribution >= 4 is 34.3 Å². The van der Waals surface area contributed by atoms with Gasteiger partial charge in [-0.3, -0.25) is 23.9 Å². The van der Waals surface area contributed by atoms with Gasteiger partial charge in [-0.25, -0.2) is 0 Å². The molecule has 1 saturated heterocycles. The quantitative estimate of drug-likeness (QED) is 0.639. The zero-order valence-corrected chi connectivity index (χ0v) is 22.4. The molecule has 0 unspecified atom stereocenters. The number of aromatic nitrogens is 2. The minimum absolute atomic E-state index is 0.0106. The third-order valence-corrected chi connectivity index (χ3v) is 8.76. The molecule has 2 amide bonds. The fourth-order valence-corrected chi connectivity index (χ4v) is 6.60. The first-order valence-corrected chi connectivity index (χ1v) is 13.8. The summed E-state index contributed by atoms with van der Waals surface area (Å²) in [7, 11) is 0. The Hall–Kier alpha value is -3.03. The number of hydrogen-bond donors (Lipinski definition) is 1. The molecule has 3 heterocycles. The highest BCUT2D eigenvalue weighted by molar-refractivity contribution is 6.06. The van der Waals surface area contributed by atoms with Crippen LogP contribution in [0.3, 0.4) is 0 Å². The summed E-state index contributed by atoms with van der Waals surface area (Å²) in [5, 5.41) is 8.57. The van der Waals surface area contributed by atoms with Gasteiger partial charge in [0.05, 0.1) is 11.6 Å². The standard InChI is InChI=1S/C29H38N4O4/c1-5-23(35)22-13-29-14-24(29)33(22)25(36)15-32-27-20(10-8-6-7-9-18(3)28(37)30-16-29)11-17(2)12-21(27)26(31-32)19(4)34/h11-12,18,22,24H,5-10,13-16H2,1-4H3,(H,30,37)/t18-,22+,24-,29+/m1/s1. The molecule has 0 radical (unpaired) electrons. The minimum atomic E-state index is -0.472. The monoisotopic (exact) mass is 506 g/mol. The molecule has 2 fully saturated rings. The summed E-state index contributed by atoms with van der Waals surface area (Å²) in [6, 6.07) is 3.59. The first kappa shape index (κ1) is 25.6.